The summed E-state index contributed by atoms with van der Waals surface area (Å²) in [5.41, 5.74) is 1.58. The maximum absolute atomic E-state index is 12.5. The Kier molecular flexibility index (Phi) is 4.26. The minimum Gasteiger partial charge on any atom is -0.345 e. The Morgan fingerprint density at radius 2 is 2.23 bits per heavy atom. The topological polar surface area (TPSA) is 114 Å². The lowest BCUT2D eigenvalue weighted by atomic mass is 9.92. The van der Waals surface area contributed by atoms with Crippen LogP contribution >= 0.6 is 0 Å². The molecule has 2 fully saturated rings. The first-order chi connectivity index (χ1) is 12.6. The molecule has 1 saturated heterocycles. The molecule has 0 bridgehead atoms. The van der Waals surface area contributed by atoms with E-state index in [1.54, 1.807) is 10.8 Å². The van der Waals surface area contributed by atoms with Crippen LogP contribution in [-0.2, 0) is 0 Å². The molecule has 2 aromatic heterocycles. The van der Waals surface area contributed by atoms with Crippen molar-refractivity contribution in [3.8, 4) is 0 Å². The number of aromatic amines is 1. The van der Waals surface area contributed by atoms with Crippen LogP contribution in [0.15, 0.2) is 18.5 Å². The number of rotatable bonds is 4. The summed E-state index contributed by atoms with van der Waals surface area (Å²) in [7, 11) is 0. The van der Waals surface area contributed by atoms with Gasteiger partial charge in [0.1, 0.15) is 11.3 Å². The fourth-order valence-electron chi connectivity index (χ4n) is 3.80. The lowest BCUT2D eigenvalue weighted by Crippen LogP contribution is -2.40. The number of fused-ring (bicyclic) bond motifs is 1. The minimum absolute atomic E-state index is 0.0248. The zero-order chi connectivity index (χ0) is 18.3. The van der Waals surface area contributed by atoms with Crippen molar-refractivity contribution in [1.29, 1.82) is 10.8 Å². The van der Waals surface area contributed by atoms with Gasteiger partial charge in [0.2, 0.25) is 0 Å². The van der Waals surface area contributed by atoms with Crippen molar-refractivity contribution < 1.29 is 4.79 Å². The monoisotopic (exact) mass is 355 g/mol. The van der Waals surface area contributed by atoms with Crippen molar-refractivity contribution in [1.82, 2.24) is 24.8 Å². The van der Waals surface area contributed by atoms with Gasteiger partial charge >= 0.3 is 6.03 Å². The number of nitrogens with one attached hydrogen (secondary N) is 4. The molecule has 0 radical (unpaired) electrons. The maximum atomic E-state index is 12.5. The van der Waals surface area contributed by atoms with Gasteiger partial charge in [-0.3, -0.25) is 15.4 Å². The highest BCUT2D eigenvalue weighted by Crippen LogP contribution is 2.29. The van der Waals surface area contributed by atoms with Gasteiger partial charge < -0.3 is 15.2 Å². The Morgan fingerprint density at radius 1 is 1.42 bits per heavy atom. The average Bonchev–Trinajstić information content (AvgIpc) is 3.17. The highest BCUT2D eigenvalue weighted by molar-refractivity contribution is 5.92. The molecule has 26 heavy (non-hydrogen) atoms. The van der Waals surface area contributed by atoms with Crippen LogP contribution in [0.4, 0.5) is 4.79 Å². The molecule has 2 amide bonds. The van der Waals surface area contributed by atoms with Gasteiger partial charge in [0.25, 0.3) is 0 Å². The van der Waals surface area contributed by atoms with Crippen molar-refractivity contribution in [3.63, 3.8) is 0 Å². The Morgan fingerprint density at radius 3 is 2.96 bits per heavy atom. The standard InChI is InChI=1S/C18H25N7O/c1-2-12-9-24(18(26)23-7-11-3-4-11)10-13(12)16(20)25-14-5-6-21-17(14)22-8-15(25)19/h5-6,8,11-13,19-21H,2-4,7,9-10H2,1H3,(H,23,26). The maximum Gasteiger partial charge on any atom is 0.317 e. The first-order valence-electron chi connectivity index (χ1n) is 9.29. The summed E-state index contributed by atoms with van der Waals surface area (Å²) in [5.74, 6) is 1.16. The molecule has 0 spiro atoms. The molecule has 3 heterocycles. The molecule has 2 aromatic rings. The van der Waals surface area contributed by atoms with Gasteiger partial charge in [-0.1, -0.05) is 13.3 Å². The van der Waals surface area contributed by atoms with Crippen LogP contribution in [-0.4, -0.2) is 50.9 Å². The third-order valence-corrected chi connectivity index (χ3v) is 5.59. The molecule has 4 rings (SSSR count). The van der Waals surface area contributed by atoms with Crippen LogP contribution < -0.4 is 10.8 Å². The van der Waals surface area contributed by atoms with E-state index in [4.69, 9.17) is 10.8 Å². The molecule has 1 aliphatic heterocycles. The van der Waals surface area contributed by atoms with E-state index >= 15 is 0 Å². The third-order valence-electron chi connectivity index (χ3n) is 5.59. The zero-order valence-corrected chi connectivity index (χ0v) is 15.0. The summed E-state index contributed by atoms with van der Waals surface area (Å²) >= 11 is 0. The van der Waals surface area contributed by atoms with Crippen LogP contribution in [0.3, 0.4) is 0 Å². The highest BCUT2D eigenvalue weighted by Gasteiger charge is 2.38. The lowest BCUT2D eigenvalue weighted by Gasteiger charge is -2.20. The fourth-order valence-corrected chi connectivity index (χ4v) is 3.80. The van der Waals surface area contributed by atoms with E-state index in [9.17, 15) is 4.79 Å². The van der Waals surface area contributed by atoms with E-state index in [0.29, 0.717) is 30.5 Å². The molecule has 138 valence electrons. The van der Waals surface area contributed by atoms with Crippen LogP contribution in [0.2, 0.25) is 0 Å². The van der Waals surface area contributed by atoms with E-state index < -0.39 is 0 Å². The molecule has 0 aromatic carbocycles. The third kappa shape index (κ3) is 3.00. The molecule has 8 heteroatoms. The molecule has 2 atom stereocenters. The fraction of sp³-hybridized carbons (Fsp3) is 0.556. The molecular formula is C18H25N7O. The second-order valence-electron chi connectivity index (χ2n) is 7.38. The molecule has 4 N–H and O–H groups in total. The summed E-state index contributed by atoms with van der Waals surface area (Å²) in [5, 5.41) is 20.0. The Balaban J connectivity index is 1.56. The number of likely N-dealkylation sites (tertiary alicyclic amines) is 1. The van der Waals surface area contributed by atoms with Crippen LogP contribution in [0, 0.1) is 28.6 Å². The van der Waals surface area contributed by atoms with Crippen LogP contribution in [0.1, 0.15) is 26.2 Å². The van der Waals surface area contributed by atoms with Gasteiger partial charge in [-0.05, 0) is 30.7 Å². The second kappa shape index (κ2) is 6.59. The first-order valence-corrected chi connectivity index (χ1v) is 9.29. The van der Waals surface area contributed by atoms with E-state index in [-0.39, 0.29) is 23.4 Å². The normalized spacial score (nSPS) is 22.7. The average molecular weight is 355 g/mol. The zero-order valence-electron chi connectivity index (χ0n) is 15.0. The summed E-state index contributed by atoms with van der Waals surface area (Å²) < 4.78 is 1.64. The minimum atomic E-state index is -0.0822. The number of carbonyl (C=O) groups excluding carboxylic acids is 1. The number of hydrogen-bond acceptors (Lipinski definition) is 4. The summed E-state index contributed by atoms with van der Waals surface area (Å²) in [6.07, 6.45) is 6.55. The van der Waals surface area contributed by atoms with Gasteiger partial charge in [0.05, 0.1) is 11.7 Å². The molecule has 2 aliphatic rings. The Hall–Kier alpha value is -2.64. The number of hydrogen-bond donors (Lipinski definition) is 4. The van der Waals surface area contributed by atoms with Gasteiger partial charge in [-0.2, -0.15) is 0 Å². The molecular weight excluding hydrogens is 330 g/mol. The van der Waals surface area contributed by atoms with Crippen molar-refractivity contribution in [3.05, 3.63) is 23.9 Å². The van der Waals surface area contributed by atoms with Crippen molar-refractivity contribution in [2.24, 2.45) is 17.8 Å². The molecule has 2 unspecified atom stereocenters. The van der Waals surface area contributed by atoms with Crippen molar-refractivity contribution >= 4 is 23.0 Å². The van der Waals surface area contributed by atoms with Crippen molar-refractivity contribution in [2.75, 3.05) is 19.6 Å². The Bertz CT molecular complexity index is 894. The van der Waals surface area contributed by atoms with Crippen LogP contribution in [0.25, 0.3) is 11.2 Å². The largest absolute Gasteiger partial charge is 0.345 e. The number of urea groups is 1. The smallest absolute Gasteiger partial charge is 0.317 e. The van der Waals surface area contributed by atoms with Crippen molar-refractivity contribution in [2.45, 2.75) is 26.2 Å². The Labute approximate surface area is 151 Å². The quantitative estimate of drug-likeness (QED) is 0.494. The van der Waals surface area contributed by atoms with Gasteiger partial charge in [-0.25, -0.2) is 9.78 Å². The van der Waals surface area contributed by atoms with Gasteiger partial charge in [-0.15, -0.1) is 0 Å². The summed E-state index contributed by atoms with van der Waals surface area (Å²) in [6.45, 7) is 4.04. The number of H-pyrrole nitrogens is 1. The summed E-state index contributed by atoms with van der Waals surface area (Å²) in [6, 6.07) is 1.81. The lowest BCUT2D eigenvalue weighted by molar-refractivity contribution is 0.206. The summed E-state index contributed by atoms with van der Waals surface area (Å²) in [4.78, 5) is 21.5. The molecule has 8 nitrogen and oxygen atoms in total. The highest BCUT2D eigenvalue weighted by atomic mass is 16.2. The molecule has 1 saturated carbocycles. The van der Waals surface area contributed by atoms with E-state index in [0.717, 1.165) is 18.5 Å². The molecule has 1 aliphatic carbocycles. The number of amides is 2. The second-order valence-corrected chi connectivity index (χ2v) is 7.38. The number of aromatic nitrogens is 3. The van der Waals surface area contributed by atoms with E-state index in [1.165, 1.54) is 19.0 Å². The number of carbonyl (C=O) groups is 1. The van der Waals surface area contributed by atoms with E-state index in [2.05, 4.69) is 22.2 Å². The predicted molar refractivity (Wildman–Crippen MR) is 98.0 cm³/mol. The van der Waals surface area contributed by atoms with E-state index in [1.807, 2.05) is 11.0 Å². The van der Waals surface area contributed by atoms with Gasteiger partial charge in [0.15, 0.2) is 5.65 Å². The number of nitrogens with zero attached hydrogens (tertiary/aromatic N) is 3. The predicted octanol–water partition coefficient (Wildman–Crippen LogP) is 1.75. The first kappa shape index (κ1) is 16.8. The SMILES string of the molecule is CCC1CN(C(=O)NCC2CC2)CC1C(=N)n1c(=N)cnc2[nH]ccc21. The van der Waals surface area contributed by atoms with Gasteiger partial charge in [0, 0.05) is 31.7 Å². The van der Waals surface area contributed by atoms with Crippen LogP contribution in [0.5, 0.6) is 0 Å².